The van der Waals surface area contributed by atoms with Crippen LogP contribution in [0.5, 0.6) is 0 Å². The van der Waals surface area contributed by atoms with E-state index >= 15 is 0 Å². The van der Waals surface area contributed by atoms with E-state index in [0.717, 1.165) is 27.0 Å². The minimum absolute atomic E-state index is 0.669. The molecule has 3 nitrogen and oxygen atoms in total. The summed E-state index contributed by atoms with van der Waals surface area (Å²) in [5.74, 6) is 0. The molecule has 0 aliphatic rings. The number of aliphatic hydroxyl groups is 1. The van der Waals surface area contributed by atoms with Crippen molar-refractivity contribution >= 4 is 21.6 Å². The summed E-state index contributed by atoms with van der Waals surface area (Å²) in [6, 6.07) is 7.75. The first kappa shape index (κ1) is 11.3. The number of hydrogen-bond donors (Lipinski definition) is 1. The maximum atomic E-state index is 10.3. The number of fused-ring (bicyclic) bond motifs is 1. The van der Waals surface area contributed by atoms with Gasteiger partial charge in [-0.05, 0) is 30.5 Å². The zero-order valence-corrected chi connectivity index (χ0v) is 10.7. The zero-order valence-electron chi connectivity index (χ0n) is 9.87. The maximum absolute atomic E-state index is 10.3. The van der Waals surface area contributed by atoms with Crippen molar-refractivity contribution in [1.82, 2.24) is 9.97 Å². The average molecular weight is 256 g/mol. The second-order valence-corrected chi connectivity index (χ2v) is 5.16. The molecule has 0 fully saturated rings. The van der Waals surface area contributed by atoms with Crippen LogP contribution in [0.25, 0.3) is 10.2 Å². The predicted molar refractivity (Wildman–Crippen MR) is 72.7 cm³/mol. The molecule has 1 N–H and O–H groups in total. The van der Waals surface area contributed by atoms with Crippen LogP contribution in [0.3, 0.4) is 0 Å². The maximum Gasteiger partial charge on any atom is 0.107 e. The van der Waals surface area contributed by atoms with Crippen molar-refractivity contribution in [1.29, 1.82) is 0 Å². The summed E-state index contributed by atoms with van der Waals surface area (Å²) in [6.45, 7) is 1.93. The SMILES string of the molecule is Cc1ccc(C(O)c2cnc3ccsc3c2)cn1. The molecule has 90 valence electrons. The molecule has 4 heteroatoms. The van der Waals surface area contributed by atoms with Gasteiger partial charge < -0.3 is 5.11 Å². The summed E-state index contributed by atoms with van der Waals surface area (Å²) in [5, 5.41) is 12.3. The number of aryl methyl sites for hydroxylation is 1. The summed E-state index contributed by atoms with van der Waals surface area (Å²) in [5.41, 5.74) is 3.50. The van der Waals surface area contributed by atoms with Crippen LogP contribution >= 0.6 is 11.3 Å². The topological polar surface area (TPSA) is 46.0 Å². The molecule has 1 unspecified atom stereocenters. The van der Waals surface area contributed by atoms with Gasteiger partial charge in [-0.2, -0.15) is 0 Å². The third kappa shape index (κ3) is 2.00. The number of rotatable bonds is 2. The third-order valence-corrected chi connectivity index (χ3v) is 3.74. The van der Waals surface area contributed by atoms with E-state index < -0.39 is 6.10 Å². The first-order valence-electron chi connectivity index (χ1n) is 5.68. The Balaban J connectivity index is 2.00. The van der Waals surface area contributed by atoms with E-state index in [2.05, 4.69) is 9.97 Å². The number of nitrogens with zero attached hydrogens (tertiary/aromatic N) is 2. The molecule has 0 saturated heterocycles. The fraction of sp³-hybridized carbons (Fsp3) is 0.143. The van der Waals surface area contributed by atoms with Crippen molar-refractivity contribution in [2.75, 3.05) is 0 Å². The van der Waals surface area contributed by atoms with E-state index in [9.17, 15) is 5.11 Å². The zero-order chi connectivity index (χ0) is 12.5. The largest absolute Gasteiger partial charge is 0.384 e. The lowest BCUT2D eigenvalue weighted by molar-refractivity contribution is 0.219. The van der Waals surface area contributed by atoms with Crippen molar-refractivity contribution in [3.63, 3.8) is 0 Å². The first-order valence-corrected chi connectivity index (χ1v) is 6.56. The third-order valence-electron chi connectivity index (χ3n) is 2.89. The summed E-state index contributed by atoms with van der Waals surface area (Å²) < 4.78 is 1.09. The van der Waals surface area contributed by atoms with Gasteiger partial charge in [0.15, 0.2) is 0 Å². The smallest absolute Gasteiger partial charge is 0.107 e. The van der Waals surface area contributed by atoms with Crippen LogP contribution in [0.15, 0.2) is 42.0 Å². The van der Waals surface area contributed by atoms with Crippen molar-refractivity contribution in [3.05, 3.63) is 58.9 Å². The van der Waals surface area contributed by atoms with E-state index in [1.165, 1.54) is 0 Å². The van der Waals surface area contributed by atoms with Gasteiger partial charge in [-0.1, -0.05) is 6.07 Å². The first-order chi connectivity index (χ1) is 8.74. The molecule has 18 heavy (non-hydrogen) atoms. The van der Waals surface area contributed by atoms with Gasteiger partial charge in [0.2, 0.25) is 0 Å². The van der Waals surface area contributed by atoms with E-state index in [-0.39, 0.29) is 0 Å². The molecule has 3 aromatic heterocycles. The van der Waals surface area contributed by atoms with E-state index in [0.29, 0.717) is 0 Å². The summed E-state index contributed by atoms with van der Waals surface area (Å²) >= 11 is 1.63. The molecule has 0 aliphatic carbocycles. The lowest BCUT2D eigenvalue weighted by Gasteiger charge is -2.10. The van der Waals surface area contributed by atoms with Gasteiger partial charge in [-0.25, -0.2) is 0 Å². The number of aromatic nitrogens is 2. The Labute approximate surface area is 109 Å². The van der Waals surface area contributed by atoms with E-state index in [1.807, 2.05) is 36.6 Å². The Morgan fingerprint density at radius 1 is 1.11 bits per heavy atom. The molecule has 0 spiro atoms. The van der Waals surface area contributed by atoms with Gasteiger partial charge in [0.05, 0.1) is 10.2 Å². The van der Waals surface area contributed by atoms with Crippen LogP contribution in [-0.4, -0.2) is 15.1 Å². The van der Waals surface area contributed by atoms with Gasteiger partial charge in [-0.3, -0.25) is 9.97 Å². The summed E-state index contributed by atoms with van der Waals surface area (Å²) in [4.78, 5) is 8.54. The van der Waals surface area contributed by atoms with Gasteiger partial charge >= 0.3 is 0 Å². The van der Waals surface area contributed by atoms with Crippen LogP contribution in [-0.2, 0) is 0 Å². The highest BCUT2D eigenvalue weighted by Gasteiger charge is 2.12. The lowest BCUT2D eigenvalue weighted by Crippen LogP contribution is -2.01. The highest BCUT2D eigenvalue weighted by Crippen LogP contribution is 2.26. The minimum atomic E-state index is -0.669. The average Bonchev–Trinajstić information content (AvgIpc) is 2.86. The Morgan fingerprint density at radius 2 is 1.94 bits per heavy atom. The van der Waals surface area contributed by atoms with Gasteiger partial charge in [0, 0.05) is 29.2 Å². The van der Waals surface area contributed by atoms with Crippen LogP contribution < -0.4 is 0 Å². The van der Waals surface area contributed by atoms with E-state index in [1.54, 1.807) is 23.7 Å². The Bertz CT molecular complexity index is 676. The van der Waals surface area contributed by atoms with Crippen molar-refractivity contribution < 1.29 is 5.11 Å². The molecular formula is C14H12N2OS. The van der Waals surface area contributed by atoms with Crippen LogP contribution in [0, 0.1) is 6.92 Å². The molecule has 3 aromatic rings. The molecule has 0 saturated carbocycles. The predicted octanol–water partition coefficient (Wildman–Crippen LogP) is 3.08. The van der Waals surface area contributed by atoms with Crippen molar-refractivity contribution in [2.24, 2.45) is 0 Å². The number of pyridine rings is 2. The molecule has 3 rings (SSSR count). The molecule has 3 heterocycles. The van der Waals surface area contributed by atoms with Gasteiger partial charge in [0.25, 0.3) is 0 Å². The molecule has 1 atom stereocenters. The normalized spacial score (nSPS) is 12.8. The fourth-order valence-electron chi connectivity index (χ4n) is 1.84. The molecule has 0 radical (unpaired) electrons. The Kier molecular flexibility index (Phi) is 2.81. The molecule has 0 aromatic carbocycles. The Hall–Kier alpha value is -1.78. The molecule has 0 bridgehead atoms. The summed E-state index contributed by atoms with van der Waals surface area (Å²) in [6.07, 6.45) is 2.76. The number of hydrogen-bond acceptors (Lipinski definition) is 4. The second kappa shape index (κ2) is 4.48. The fourth-order valence-corrected chi connectivity index (χ4v) is 2.63. The summed E-state index contributed by atoms with van der Waals surface area (Å²) in [7, 11) is 0. The molecule has 0 aliphatic heterocycles. The van der Waals surface area contributed by atoms with Crippen molar-refractivity contribution in [2.45, 2.75) is 13.0 Å². The quantitative estimate of drug-likeness (QED) is 0.766. The standard InChI is InChI=1S/C14H12N2OS/c1-9-2-3-10(7-15-9)14(17)11-6-13-12(16-8-11)4-5-18-13/h2-8,14,17H,1H3. The number of thiophene rings is 1. The minimum Gasteiger partial charge on any atom is -0.384 e. The monoisotopic (exact) mass is 256 g/mol. The Morgan fingerprint density at radius 3 is 2.72 bits per heavy atom. The van der Waals surface area contributed by atoms with Crippen LogP contribution in [0.4, 0.5) is 0 Å². The lowest BCUT2D eigenvalue weighted by atomic mass is 10.0. The van der Waals surface area contributed by atoms with E-state index in [4.69, 9.17) is 0 Å². The van der Waals surface area contributed by atoms with Crippen LogP contribution in [0.2, 0.25) is 0 Å². The highest BCUT2D eigenvalue weighted by molar-refractivity contribution is 7.17. The van der Waals surface area contributed by atoms with Gasteiger partial charge in [-0.15, -0.1) is 11.3 Å². The number of aliphatic hydroxyl groups excluding tert-OH is 1. The second-order valence-electron chi connectivity index (χ2n) is 4.21. The van der Waals surface area contributed by atoms with Crippen LogP contribution in [0.1, 0.15) is 22.9 Å². The van der Waals surface area contributed by atoms with Crippen molar-refractivity contribution in [3.8, 4) is 0 Å². The molecular weight excluding hydrogens is 244 g/mol. The highest BCUT2D eigenvalue weighted by atomic mass is 32.1. The van der Waals surface area contributed by atoms with Gasteiger partial charge in [0.1, 0.15) is 6.10 Å². The molecule has 0 amide bonds.